The molecule has 1 aromatic rings. The van der Waals surface area contributed by atoms with Crippen LogP contribution in [0.3, 0.4) is 0 Å². The van der Waals surface area contributed by atoms with E-state index in [1.165, 1.54) is 0 Å². The van der Waals surface area contributed by atoms with Crippen LogP contribution in [0.15, 0.2) is 18.2 Å². The highest BCUT2D eigenvalue weighted by Crippen LogP contribution is 2.19. The molecule has 0 aliphatic heterocycles. The highest BCUT2D eigenvalue weighted by atomic mass is 16.5. The molecule has 1 atom stereocenters. The predicted molar refractivity (Wildman–Crippen MR) is 83.6 cm³/mol. The number of hydrogen-bond donors (Lipinski definition) is 3. The number of hydrogen-bond acceptors (Lipinski definition) is 4. The second kappa shape index (κ2) is 9.37. The van der Waals surface area contributed by atoms with Gasteiger partial charge in [0.1, 0.15) is 18.5 Å². The molecule has 0 radical (unpaired) electrons. The molecule has 0 saturated heterocycles. The van der Waals surface area contributed by atoms with Crippen LogP contribution in [0.5, 0.6) is 5.75 Å². The molecule has 1 rings (SSSR count). The van der Waals surface area contributed by atoms with Gasteiger partial charge in [-0.25, -0.2) is 0 Å². The van der Waals surface area contributed by atoms with Crippen LogP contribution < -0.4 is 15.4 Å². The zero-order chi connectivity index (χ0) is 15.7. The molecule has 3 N–H and O–H groups in total. The molecule has 0 heterocycles. The number of aliphatic hydroxyl groups excluding tert-OH is 1. The molecular weight excluding hydrogens is 268 g/mol. The first kappa shape index (κ1) is 17.5. The summed E-state index contributed by atoms with van der Waals surface area (Å²) in [5, 5.41) is 15.5. The molecule has 0 saturated carbocycles. The third-order valence-electron chi connectivity index (χ3n) is 3.01. The molecule has 118 valence electrons. The lowest BCUT2D eigenvalue weighted by molar-refractivity contribution is -0.120. The lowest BCUT2D eigenvalue weighted by Crippen LogP contribution is -2.39. The van der Waals surface area contributed by atoms with Crippen molar-refractivity contribution in [3.63, 3.8) is 0 Å². The minimum Gasteiger partial charge on any atom is -0.491 e. The Morgan fingerprint density at radius 1 is 1.38 bits per heavy atom. The van der Waals surface area contributed by atoms with E-state index in [9.17, 15) is 9.90 Å². The Hall–Kier alpha value is -1.59. The predicted octanol–water partition coefficient (Wildman–Crippen LogP) is 1.16. The highest BCUT2D eigenvalue weighted by molar-refractivity contribution is 5.77. The largest absolute Gasteiger partial charge is 0.491 e. The summed E-state index contributed by atoms with van der Waals surface area (Å²) in [4.78, 5) is 11.4. The van der Waals surface area contributed by atoms with E-state index < -0.39 is 6.10 Å². The van der Waals surface area contributed by atoms with Gasteiger partial charge in [-0.1, -0.05) is 19.1 Å². The maximum atomic E-state index is 11.4. The number of rotatable bonds is 9. The standard InChI is InChI=1S/C16H26N2O3/c1-4-7-18-16(20)10-17-9-14(19)11-21-15-8-12(2)5-6-13(15)3/h5-6,8,14,17,19H,4,7,9-11H2,1-3H3,(H,18,20). The summed E-state index contributed by atoms with van der Waals surface area (Å²) in [6.07, 6.45) is 0.266. The van der Waals surface area contributed by atoms with Crippen molar-refractivity contribution in [1.29, 1.82) is 0 Å². The number of benzene rings is 1. The SMILES string of the molecule is CCCNC(=O)CNCC(O)COc1cc(C)ccc1C. The van der Waals surface area contributed by atoms with Crippen molar-refractivity contribution >= 4 is 5.91 Å². The van der Waals surface area contributed by atoms with Gasteiger partial charge in [0.2, 0.25) is 5.91 Å². The van der Waals surface area contributed by atoms with Crippen molar-refractivity contribution < 1.29 is 14.6 Å². The minimum absolute atomic E-state index is 0.0560. The Kier molecular flexibility index (Phi) is 7.79. The second-order valence-corrected chi connectivity index (χ2v) is 5.21. The fraction of sp³-hybridized carbons (Fsp3) is 0.562. The topological polar surface area (TPSA) is 70.6 Å². The van der Waals surface area contributed by atoms with E-state index in [2.05, 4.69) is 10.6 Å². The lowest BCUT2D eigenvalue weighted by Gasteiger charge is -2.15. The van der Waals surface area contributed by atoms with Crippen molar-refractivity contribution in [3.8, 4) is 5.75 Å². The molecule has 0 aromatic heterocycles. The van der Waals surface area contributed by atoms with Crippen molar-refractivity contribution in [2.24, 2.45) is 0 Å². The van der Waals surface area contributed by atoms with E-state index in [0.29, 0.717) is 13.1 Å². The van der Waals surface area contributed by atoms with E-state index >= 15 is 0 Å². The molecule has 1 aromatic carbocycles. The number of carbonyl (C=O) groups excluding carboxylic acids is 1. The molecule has 0 bridgehead atoms. The summed E-state index contributed by atoms with van der Waals surface area (Å²) in [5.74, 6) is 0.731. The van der Waals surface area contributed by atoms with E-state index in [1.807, 2.05) is 39.0 Å². The van der Waals surface area contributed by atoms with Crippen molar-refractivity contribution in [2.75, 3.05) is 26.2 Å². The normalized spacial score (nSPS) is 12.0. The Bertz CT molecular complexity index is 449. The fourth-order valence-corrected chi connectivity index (χ4v) is 1.79. The van der Waals surface area contributed by atoms with Crippen molar-refractivity contribution in [1.82, 2.24) is 10.6 Å². The Morgan fingerprint density at radius 3 is 2.86 bits per heavy atom. The van der Waals surface area contributed by atoms with Gasteiger partial charge in [0.05, 0.1) is 6.54 Å². The zero-order valence-electron chi connectivity index (χ0n) is 13.1. The Morgan fingerprint density at radius 2 is 2.14 bits per heavy atom. The van der Waals surface area contributed by atoms with Crippen LogP contribution in [0.25, 0.3) is 0 Å². The monoisotopic (exact) mass is 294 g/mol. The Balaban J connectivity index is 2.23. The van der Waals surface area contributed by atoms with E-state index in [0.717, 1.165) is 23.3 Å². The van der Waals surface area contributed by atoms with Gasteiger partial charge >= 0.3 is 0 Å². The smallest absolute Gasteiger partial charge is 0.233 e. The van der Waals surface area contributed by atoms with Gasteiger partial charge in [-0.3, -0.25) is 4.79 Å². The van der Waals surface area contributed by atoms with Gasteiger partial charge in [-0.2, -0.15) is 0 Å². The summed E-state index contributed by atoms with van der Waals surface area (Å²) in [5.41, 5.74) is 2.16. The lowest BCUT2D eigenvalue weighted by atomic mass is 10.1. The van der Waals surface area contributed by atoms with Crippen LogP contribution in [0, 0.1) is 13.8 Å². The van der Waals surface area contributed by atoms with Crippen LogP contribution in [0.4, 0.5) is 0 Å². The summed E-state index contributed by atoms with van der Waals surface area (Å²) in [6.45, 7) is 7.39. The van der Waals surface area contributed by atoms with Gasteiger partial charge < -0.3 is 20.5 Å². The van der Waals surface area contributed by atoms with E-state index in [-0.39, 0.29) is 19.1 Å². The van der Waals surface area contributed by atoms with Gasteiger partial charge in [0.25, 0.3) is 0 Å². The van der Waals surface area contributed by atoms with Gasteiger partial charge in [0.15, 0.2) is 0 Å². The number of carbonyl (C=O) groups is 1. The molecule has 5 nitrogen and oxygen atoms in total. The zero-order valence-corrected chi connectivity index (χ0v) is 13.1. The van der Waals surface area contributed by atoms with Crippen LogP contribution in [-0.4, -0.2) is 43.4 Å². The quantitative estimate of drug-likeness (QED) is 0.639. The molecule has 0 spiro atoms. The number of nitrogens with one attached hydrogen (secondary N) is 2. The average molecular weight is 294 g/mol. The van der Waals surface area contributed by atoms with E-state index in [4.69, 9.17) is 4.74 Å². The van der Waals surface area contributed by atoms with Crippen LogP contribution >= 0.6 is 0 Å². The summed E-state index contributed by atoms with van der Waals surface area (Å²) < 4.78 is 5.61. The molecule has 0 aliphatic rings. The summed E-state index contributed by atoms with van der Waals surface area (Å²) in [7, 11) is 0. The number of ether oxygens (including phenoxy) is 1. The third-order valence-corrected chi connectivity index (χ3v) is 3.01. The molecule has 21 heavy (non-hydrogen) atoms. The van der Waals surface area contributed by atoms with Crippen LogP contribution in [-0.2, 0) is 4.79 Å². The number of amides is 1. The maximum absolute atomic E-state index is 11.4. The number of aliphatic hydroxyl groups is 1. The second-order valence-electron chi connectivity index (χ2n) is 5.21. The first-order valence-electron chi connectivity index (χ1n) is 7.38. The fourth-order valence-electron chi connectivity index (χ4n) is 1.79. The summed E-state index contributed by atoms with van der Waals surface area (Å²) in [6, 6.07) is 5.97. The van der Waals surface area contributed by atoms with Crippen LogP contribution in [0.2, 0.25) is 0 Å². The Labute approximate surface area is 126 Å². The summed E-state index contributed by atoms with van der Waals surface area (Å²) >= 11 is 0. The third kappa shape index (κ3) is 7.11. The van der Waals surface area contributed by atoms with Crippen molar-refractivity contribution in [2.45, 2.75) is 33.3 Å². The molecule has 5 heteroatoms. The molecule has 0 aliphatic carbocycles. The van der Waals surface area contributed by atoms with Gasteiger partial charge in [0, 0.05) is 13.1 Å². The maximum Gasteiger partial charge on any atom is 0.233 e. The van der Waals surface area contributed by atoms with E-state index in [1.54, 1.807) is 0 Å². The van der Waals surface area contributed by atoms with Crippen LogP contribution in [0.1, 0.15) is 24.5 Å². The first-order chi connectivity index (χ1) is 10.0. The number of aryl methyl sites for hydroxylation is 2. The average Bonchev–Trinajstić information content (AvgIpc) is 2.46. The molecule has 0 fully saturated rings. The van der Waals surface area contributed by atoms with Crippen molar-refractivity contribution in [3.05, 3.63) is 29.3 Å². The van der Waals surface area contributed by atoms with Gasteiger partial charge in [-0.15, -0.1) is 0 Å². The molecular formula is C16H26N2O3. The molecule has 1 unspecified atom stereocenters. The highest BCUT2D eigenvalue weighted by Gasteiger charge is 2.08. The van der Waals surface area contributed by atoms with Gasteiger partial charge in [-0.05, 0) is 37.5 Å². The first-order valence-corrected chi connectivity index (χ1v) is 7.38. The minimum atomic E-state index is -0.649. The molecule has 1 amide bonds.